The Morgan fingerprint density at radius 1 is 1.47 bits per heavy atom. The molecule has 4 nitrogen and oxygen atoms in total. The number of halogens is 1. The van der Waals surface area contributed by atoms with Gasteiger partial charge < -0.3 is 16.4 Å². The van der Waals surface area contributed by atoms with Crippen LogP contribution in [0.2, 0.25) is 5.02 Å². The van der Waals surface area contributed by atoms with Gasteiger partial charge in [0.15, 0.2) is 0 Å². The van der Waals surface area contributed by atoms with Crippen LogP contribution in [0.3, 0.4) is 0 Å². The largest absolute Gasteiger partial charge is 0.384 e. The number of primary amides is 1. The van der Waals surface area contributed by atoms with E-state index >= 15 is 0 Å². The van der Waals surface area contributed by atoms with Gasteiger partial charge in [0.25, 0.3) is 0 Å². The van der Waals surface area contributed by atoms with E-state index in [1.165, 1.54) is 0 Å². The predicted molar refractivity (Wildman–Crippen MR) is 71.6 cm³/mol. The summed E-state index contributed by atoms with van der Waals surface area (Å²) in [4.78, 5) is 11.0. The second-order valence-corrected chi connectivity index (χ2v) is 4.51. The number of hydrogen-bond donors (Lipinski definition) is 3. The Bertz CT molecular complexity index is 395. The second kappa shape index (κ2) is 6.47. The normalized spacial score (nSPS) is 12.2. The Balaban J connectivity index is 2.63. The van der Waals surface area contributed by atoms with Gasteiger partial charge in [0.1, 0.15) is 0 Å². The van der Waals surface area contributed by atoms with E-state index in [4.69, 9.17) is 17.3 Å². The van der Waals surface area contributed by atoms with Crippen LogP contribution >= 0.6 is 11.6 Å². The van der Waals surface area contributed by atoms with Crippen molar-refractivity contribution in [2.24, 2.45) is 11.7 Å². The molecule has 17 heavy (non-hydrogen) atoms. The molecule has 5 heteroatoms. The first-order chi connectivity index (χ1) is 8.04. The molecule has 0 bridgehead atoms. The maximum atomic E-state index is 11.0. The number of carbonyl (C=O) groups is 1. The number of amides is 1. The zero-order valence-corrected chi connectivity index (χ0v) is 10.8. The van der Waals surface area contributed by atoms with E-state index < -0.39 is 5.91 Å². The number of hydrogen-bond acceptors (Lipinski definition) is 3. The number of benzene rings is 1. The highest BCUT2D eigenvalue weighted by molar-refractivity contribution is 6.33. The molecule has 0 fully saturated rings. The van der Waals surface area contributed by atoms with Crippen molar-refractivity contribution in [3.63, 3.8) is 0 Å². The number of carbonyl (C=O) groups excluding carboxylic acids is 1. The predicted octanol–water partition coefficient (Wildman–Crippen LogP) is 1.71. The fourth-order valence-corrected chi connectivity index (χ4v) is 1.76. The van der Waals surface area contributed by atoms with Crippen LogP contribution in [0.5, 0.6) is 0 Å². The summed E-state index contributed by atoms with van der Waals surface area (Å²) in [6.45, 7) is 3.88. The van der Waals surface area contributed by atoms with E-state index in [0.717, 1.165) is 18.8 Å². The van der Waals surface area contributed by atoms with Crippen molar-refractivity contribution in [3.8, 4) is 0 Å². The Morgan fingerprint density at radius 3 is 2.71 bits per heavy atom. The van der Waals surface area contributed by atoms with Crippen LogP contribution in [-0.2, 0) is 0 Å². The molecule has 0 spiro atoms. The van der Waals surface area contributed by atoms with Gasteiger partial charge in [-0.1, -0.05) is 18.5 Å². The Labute approximate surface area is 107 Å². The molecule has 1 aromatic carbocycles. The summed E-state index contributed by atoms with van der Waals surface area (Å²) >= 11 is 6.05. The van der Waals surface area contributed by atoms with Crippen LogP contribution in [0.25, 0.3) is 0 Å². The molecular formula is C12H18ClN3O. The first-order valence-electron chi connectivity index (χ1n) is 5.52. The fourth-order valence-electron chi connectivity index (χ4n) is 1.52. The van der Waals surface area contributed by atoms with Gasteiger partial charge in [0, 0.05) is 12.1 Å². The highest BCUT2D eigenvalue weighted by atomic mass is 35.5. The minimum atomic E-state index is -0.470. The standard InChI is InChI=1S/C12H18ClN3O/c1-8(6-15-2)7-16-11-4-3-9(12(14)17)5-10(11)13/h3-5,8,15-16H,6-7H2,1-2H3,(H2,14,17). The minimum absolute atomic E-state index is 0.420. The summed E-state index contributed by atoms with van der Waals surface area (Å²) < 4.78 is 0. The molecule has 0 aromatic heterocycles. The van der Waals surface area contributed by atoms with Gasteiger partial charge in [-0.15, -0.1) is 0 Å². The number of nitrogens with one attached hydrogen (secondary N) is 2. The van der Waals surface area contributed by atoms with Crippen molar-refractivity contribution >= 4 is 23.2 Å². The maximum absolute atomic E-state index is 11.0. The molecule has 0 aliphatic heterocycles. The van der Waals surface area contributed by atoms with Crippen LogP contribution in [0.15, 0.2) is 18.2 Å². The van der Waals surface area contributed by atoms with Crippen molar-refractivity contribution in [1.82, 2.24) is 5.32 Å². The molecule has 1 aromatic rings. The Kier molecular flexibility index (Phi) is 5.25. The van der Waals surface area contributed by atoms with Gasteiger partial charge in [0.05, 0.1) is 10.7 Å². The van der Waals surface area contributed by atoms with Crippen molar-refractivity contribution in [1.29, 1.82) is 0 Å². The Morgan fingerprint density at radius 2 is 2.18 bits per heavy atom. The van der Waals surface area contributed by atoms with Crippen LogP contribution in [0.1, 0.15) is 17.3 Å². The van der Waals surface area contributed by atoms with Crippen molar-refractivity contribution < 1.29 is 4.79 Å². The van der Waals surface area contributed by atoms with Gasteiger partial charge in [-0.25, -0.2) is 0 Å². The fraction of sp³-hybridized carbons (Fsp3) is 0.417. The molecule has 0 saturated heterocycles. The lowest BCUT2D eigenvalue weighted by Gasteiger charge is -2.14. The summed E-state index contributed by atoms with van der Waals surface area (Å²) in [5, 5.41) is 6.86. The molecular weight excluding hydrogens is 238 g/mol. The van der Waals surface area contributed by atoms with Gasteiger partial charge in [-0.05, 0) is 37.7 Å². The van der Waals surface area contributed by atoms with Crippen LogP contribution in [-0.4, -0.2) is 26.0 Å². The maximum Gasteiger partial charge on any atom is 0.248 e. The second-order valence-electron chi connectivity index (χ2n) is 4.10. The summed E-state index contributed by atoms with van der Waals surface area (Å²) in [7, 11) is 1.92. The minimum Gasteiger partial charge on any atom is -0.384 e. The first kappa shape index (κ1) is 13.8. The summed E-state index contributed by atoms with van der Waals surface area (Å²) in [6, 6.07) is 5.02. The smallest absolute Gasteiger partial charge is 0.248 e. The van der Waals surface area contributed by atoms with Gasteiger partial charge in [0.2, 0.25) is 5.91 Å². The zero-order valence-electron chi connectivity index (χ0n) is 10.1. The van der Waals surface area contributed by atoms with E-state index in [0.29, 0.717) is 16.5 Å². The van der Waals surface area contributed by atoms with Crippen molar-refractivity contribution in [2.45, 2.75) is 6.92 Å². The lowest BCUT2D eigenvalue weighted by atomic mass is 10.1. The third-order valence-corrected chi connectivity index (χ3v) is 2.76. The van der Waals surface area contributed by atoms with E-state index in [-0.39, 0.29) is 0 Å². The topological polar surface area (TPSA) is 67.2 Å². The molecule has 1 amide bonds. The molecule has 0 heterocycles. The van der Waals surface area contributed by atoms with Gasteiger partial charge in [-0.2, -0.15) is 0 Å². The van der Waals surface area contributed by atoms with E-state index in [9.17, 15) is 4.79 Å². The number of nitrogens with two attached hydrogens (primary N) is 1. The molecule has 1 rings (SSSR count). The Hall–Kier alpha value is -1.26. The van der Waals surface area contributed by atoms with Crippen molar-refractivity contribution in [3.05, 3.63) is 28.8 Å². The quantitative estimate of drug-likeness (QED) is 0.725. The van der Waals surface area contributed by atoms with Crippen LogP contribution < -0.4 is 16.4 Å². The number of anilines is 1. The van der Waals surface area contributed by atoms with Gasteiger partial charge in [-0.3, -0.25) is 4.79 Å². The molecule has 0 saturated carbocycles. The van der Waals surface area contributed by atoms with E-state index in [1.807, 2.05) is 7.05 Å². The van der Waals surface area contributed by atoms with Crippen LogP contribution in [0, 0.1) is 5.92 Å². The van der Waals surface area contributed by atoms with E-state index in [2.05, 4.69) is 17.6 Å². The summed E-state index contributed by atoms with van der Waals surface area (Å²) in [5.74, 6) is 0.0221. The third kappa shape index (κ3) is 4.24. The average Bonchev–Trinajstić information content (AvgIpc) is 2.27. The lowest BCUT2D eigenvalue weighted by Crippen LogP contribution is -2.23. The van der Waals surface area contributed by atoms with Gasteiger partial charge >= 0.3 is 0 Å². The molecule has 4 N–H and O–H groups in total. The third-order valence-electron chi connectivity index (χ3n) is 2.45. The average molecular weight is 256 g/mol. The highest BCUT2D eigenvalue weighted by Crippen LogP contribution is 2.23. The molecule has 1 atom stereocenters. The number of rotatable bonds is 6. The SMILES string of the molecule is CNCC(C)CNc1ccc(C(N)=O)cc1Cl. The molecule has 94 valence electrons. The van der Waals surface area contributed by atoms with E-state index in [1.54, 1.807) is 18.2 Å². The first-order valence-corrected chi connectivity index (χ1v) is 5.90. The molecule has 0 aliphatic rings. The van der Waals surface area contributed by atoms with Crippen molar-refractivity contribution in [2.75, 3.05) is 25.5 Å². The molecule has 0 radical (unpaired) electrons. The van der Waals surface area contributed by atoms with Crippen LogP contribution in [0.4, 0.5) is 5.69 Å². The summed E-state index contributed by atoms with van der Waals surface area (Å²) in [6.07, 6.45) is 0. The lowest BCUT2D eigenvalue weighted by molar-refractivity contribution is 0.100. The monoisotopic (exact) mass is 255 g/mol. The zero-order chi connectivity index (χ0) is 12.8. The highest BCUT2D eigenvalue weighted by Gasteiger charge is 2.06. The molecule has 0 aliphatic carbocycles. The molecule has 1 unspecified atom stereocenters. The summed E-state index contributed by atoms with van der Waals surface area (Å²) in [5.41, 5.74) is 6.41.